The van der Waals surface area contributed by atoms with Gasteiger partial charge in [0.05, 0.1) is 5.75 Å². The van der Waals surface area contributed by atoms with Crippen molar-refractivity contribution in [1.29, 1.82) is 0 Å². The first kappa shape index (κ1) is 17.9. The van der Waals surface area contributed by atoms with E-state index in [0.717, 1.165) is 6.26 Å². The van der Waals surface area contributed by atoms with Gasteiger partial charge in [0.15, 0.2) is 0 Å². The average Bonchev–Trinajstić information content (AvgIpc) is 2.29. The Morgan fingerprint density at radius 3 is 2.24 bits per heavy atom. The lowest BCUT2D eigenvalue weighted by Crippen LogP contribution is -2.66. The molecule has 0 radical (unpaired) electrons. The minimum atomic E-state index is -3.21. The third-order valence-corrected chi connectivity index (χ3v) is 4.71. The molecule has 2 amide bonds. The summed E-state index contributed by atoms with van der Waals surface area (Å²) in [6.45, 7) is 7.47. The van der Waals surface area contributed by atoms with Crippen LogP contribution in [0.1, 0.15) is 40.5 Å². The number of sulfone groups is 1. The van der Waals surface area contributed by atoms with Crippen molar-refractivity contribution < 1.29 is 18.0 Å². The Morgan fingerprint density at radius 1 is 1.24 bits per heavy atom. The maximum atomic E-state index is 12.6. The Bertz CT molecular complexity index is 501. The van der Waals surface area contributed by atoms with E-state index in [1.165, 1.54) is 4.90 Å². The molecule has 0 saturated carbocycles. The Balaban J connectivity index is 3.03. The summed E-state index contributed by atoms with van der Waals surface area (Å²) in [6, 6.07) is -1.64. The van der Waals surface area contributed by atoms with Gasteiger partial charge in [-0.25, -0.2) is 8.42 Å². The Labute approximate surface area is 127 Å². The fourth-order valence-electron chi connectivity index (χ4n) is 2.85. The molecule has 1 aliphatic heterocycles. The summed E-state index contributed by atoms with van der Waals surface area (Å²) in [5.41, 5.74) is 0. The average molecular weight is 318 g/mol. The van der Waals surface area contributed by atoms with E-state index in [4.69, 9.17) is 0 Å². The van der Waals surface area contributed by atoms with E-state index in [2.05, 4.69) is 5.32 Å². The molecular weight excluding hydrogens is 292 g/mol. The number of hydrogen-bond donors (Lipinski definition) is 1. The molecule has 0 spiro atoms. The topological polar surface area (TPSA) is 83.6 Å². The van der Waals surface area contributed by atoms with Gasteiger partial charge >= 0.3 is 0 Å². The van der Waals surface area contributed by atoms with Crippen molar-refractivity contribution in [3.05, 3.63) is 0 Å². The third-order valence-electron chi connectivity index (χ3n) is 3.62. The fraction of sp³-hybridized carbons (Fsp3) is 0.857. The normalized spacial score (nSPS) is 25.1. The summed E-state index contributed by atoms with van der Waals surface area (Å²) in [7, 11) is -3.21. The van der Waals surface area contributed by atoms with Crippen molar-refractivity contribution in [2.45, 2.75) is 58.7 Å². The minimum absolute atomic E-state index is 0.128. The van der Waals surface area contributed by atoms with E-state index >= 15 is 0 Å². The molecule has 0 aromatic carbocycles. The lowest BCUT2D eigenvalue weighted by Gasteiger charge is -2.42. The first-order valence-electron chi connectivity index (χ1n) is 7.37. The number of nitrogens with one attached hydrogen (secondary N) is 1. The van der Waals surface area contributed by atoms with Crippen LogP contribution in [0.2, 0.25) is 0 Å². The molecule has 0 bridgehead atoms. The standard InChI is InChI=1S/C14H26N2O4S/c1-6-12-13(17)15-11(7-9(2)3)14(18)16(12)10(4)8-21(5,19)20/h9-12H,6-8H2,1-5H3,(H,15,17). The van der Waals surface area contributed by atoms with Crippen LogP contribution in [0.25, 0.3) is 0 Å². The first-order chi connectivity index (χ1) is 9.56. The van der Waals surface area contributed by atoms with E-state index < -0.39 is 28.0 Å². The van der Waals surface area contributed by atoms with Crippen LogP contribution < -0.4 is 5.32 Å². The molecule has 0 aromatic rings. The van der Waals surface area contributed by atoms with Gasteiger partial charge in [0.1, 0.15) is 21.9 Å². The molecule has 21 heavy (non-hydrogen) atoms. The van der Waals surface area contributed by atoms with Crippen molar-refractivity contribution in [1.82, 2.24) is 10.2 Å². The SMILES string of the molecule is CCC1C(=O)NC(CC(C)C)C(=O)N1C(C)CS(C)(=O)=O. The molecule has 1 heterocycles. The zero-order valence-electron chi connectivity index (χ0n) is 13.4. The summed E-state index contributed by atoms with van der Waals surface area (Å²) < 4.78 is 23.0. The molecule has 1 N–H and O–H groups in total. The second-order valence-electron chi connectivity index (χ2n) is 6.30. The number of hydrogen-bond acceptors (Lipinski definition) is 4. The van der Waals surface area contributed by atoms with Crippen LogP contribution in [0.3, 0.4) is 0 Å². The molecule has 1 rings (SSSR count). The summed E-state index contributed by atoms with van der Waals surface area (Å²) >= 11 is 0. The molecule has 6 nitrogen and oxygen atoms in total. The van der Waals surface area contributed by atoms with Crippen LogP contribution in [0.4, 0.5) is 0 Å². The van der Waals surface area contributed by atoms with Crippen molar-refractivity contribution in [3.8, 4) is 0 Å². The molecule has 7 heteroatoms. The molecule has 3 atom stereocenters. The van der Waals surface area contributed by atoms with Crippen molar-refractivity contribution >= 4 is 21.7 Å². The highest BCUT2D eigenvalue weighted by molar-refractivity contribution is 7.90. The monoisotopic (exact) mass is 318 g/mol. The van der Waals surface area contributed by atoms with Gasteiger partial charge in [-0.3, -0.25) is 9.59 Å². The molecule has 122 valence electrons. The molecule has 0 aliphatic carbocycles. The highest BCUT2D eigenvalue weighted by atomic mass is 32.2. The van der Waals surface area contributed by atoms with Gasteiger partial charge < -0.3 is 10.2 Å². The zero-order valence-corrected chi connectivity index (χ0v) is 14.2. The number of nitrogens with zero attached hydrogens (tertiary/aromatic N) is 1. The Morgan fingerprint density at radius 2 is 1.81 bits per heavy atom. The molecule has 0 aromatic heterocycles. The summed E-state index contributed by atoms with van der Waals surface area (Å²) in [5, 5.41) is 2.77. The maximum Gasteiger partial charge on any atom is 0.246 e. The summed E-state index contributed by atoms with van der Waals surface area (Å²) in [5.74, 6) is -0.226. The Kier molecular flexibility index (Phi) is 5.78. The van der Waals surface area contributed by atoms with Gasteiger partial charge in [-0.2, -0.15) is 0 Å². The smallest absolute Gasteiger partial charge is 0.246 e. The Hall–Kier alpha value is -1.11. The lowest BCUT2D eigenvalue weighted by molar-refractivity contribution is -0.151. The number of piperazine rings is 1. The lowest BCUT2D eigenvalue weighted by atomic mass is 9.96. The van der Waals surface area contributed by atoms with Crippen LogP contribution in [-0.4, -0.2) is 55.3 Å². The van der Waals surface area contributed by atoms with E-state index in [1.807, 2.05) is 20.8 Å². The van der Waals surface area contributed by atoms with Crippen LogP contribution in [0, 0.1) is 5.92 Å². The number of rotatable bonds is 6. The highest BCUT2D eigenvalue weighted by Gasteiger charge is 2.42. The van der Waals surface area contributed by atoms with Crippen molar-refractivity contribution in [2.24, 2.45) is 5.92 Å². The molecular formula is C14H26N2O4S. The molecule has 1 aliphatic rings. The number of amides is 2. The van der Waals surface area contributed by atoms with Crippen LogP contribution >= 0.6 is 0 Å². The first-order valence-corrected chi connectivity index (χ1v) is 9.43. The van der Waals surface area contributed by atoms with Crippen LogP contribution in [-0.2, 0) is 19.4 Å². The maximum absolute atomic E-state index is 12.6. The van der Waals surface area contributed by atoms with Crippen molar-refractivity contribution in [3.63, 3.8) is 0 Å². The van der Waals surface area contributed by atoms with Crippen molar-refractivity contribution in [2.75, 3.05) is 12.0 Å². The summed E-state index contributed by atoms with van der Waals surface area (Å²) in [4.78, 5) is 26.3. The van der Waals surface area contributed by atoms with E-state index in [-0.39, 0.29) is 23.5 Å². The zero-order chi connectivity index (χ0) is 16.4. The minimum Gasteiger partial charge on any atom is -0.342 e. The third kappa shape index (κ3) is 4.69. The van der Waals surface area contributed by atoms with Gasteiger partial charge in [-0.05, 0) is 25.7 Å². The number of carbonyl (C=O) groups is 2. The van der Waals surface area contributed by atoms with E-state index in [0.29, 0.717) is 12.8 Å². The highest BCUT2D eigenvalue weighted by Crippen LogP contribution is 2.20. The van der Waals surface area contributed by atoms with Gasteiger partial charge in [0, 0.05) is 12.3 Å². The van der Waals surface area contributed by atoms with E-state index in [1.54, 1.807) is 6.92 Å². The largest absolute Gasteiger partial charge is 0.342 e. The number of carbonyl (C=O) groups excluding carboxylic acids is 2. The summed E-state index contributed by atoms with van der Waals surface area (Å²) in [6.07, 6.45) is 2.17. The fourth-order valence-corrected chi connectivity index (χ4v) is 3.88. The van der Waals surface area contributed by atoms with Gasteiger partial charge in [0.2, 0.25) is 11.8 Å². The second-order valence-corrected chi connectivity index (χ2v) is 8.49. The molecule has 1 fully saturated rings. The van der Waals surface area contributed by atoms with Crippen LogP contribution in [0.15, 0.2) is 0 Å². The van der Waals surface area contributed by atoms with Gasteiger partial charge in [0.25, 0.3) is 0 Å². The molecule has 3 unspecified atom stereocenters. The van der Waals surface area contributed by atoms with Gasteiger partial charge in [-0.1, -0.05) is 20.8 Å². The van der Waals surface area contributed by atoms with E-state index in [9.17, 15) is 18.0 Å². The van der Waals surface area contributed by atoms with Gasteiger partial charge in [-0.15, -0.1) is 0 Å². The predicted molar refractivity (Wildman–Crippen MR) is 81.5 cm³/mol. The quantitative estimate of drug-likeness (QED) is 0.776. The predicted octanol–water partition coefficient (Wildman–Crippen LogP) is 0.571. The molecule has 1 saturated heterocycles. The second kappa shape index (κ2) is 6.77. The van der Waals surface area contributed by atoms with Crippen LogP contribution in [0.5, 0.6) is 0 Å².